The summed E-state index contributed by atoms with van der Waals surface area (Å²) in [6.07, 6.45) is 0.592. The maximum atomic E-state index is 12.0. The molecular formula is C15H20N2O5. The van der Waals surface area contributed by atoms with Crippen molar-refractivity contribution in [1.82, 2.24) is 10.2 Å². The highest BCUT2D eigenvalue weighted by atomic mass is 16.5. The molecule has 7 nitrogen and oxygen atoms in total. The van der Waals surface area contributed by atoms with Gasteiger partial charge in [0.05, 0.1) is 11.7 Å². The highest BCUT2D eigenvalue weighted by Crippen LogP contribution is 2.28. The number of hydrogen-bond donors (Lipinski definition) is 3. The molecule has 0 saturated carbocycles. The number of likely N-dealkylation sites (N-methyl/N-ethyl adjacent to an activating group) is 1. The van der Waals surface area contributed by atoms with Crippen molar-refractivity contribution in [1.29, 1.82) is 0 Å². The first-order valence-electron chi connectivity index (χ1n) is 7.06. The number of hydrogen-bond acceptors (Lipinski definition) is 5. The standard InChI is InChI=1S/C15H20N2O5/c1-17(2)15(21)12-7-6-9(22-12)8-16-14(20)10-4-3-5-11(18)13(10)19/h3-5,9,12,18-19H,6-8H2,1-2H3,(H,16,20). The van der Waals surface area contributed by atoms with Crippen LogP contribution in [-0.4, -0.2) is 59.8 Å². The minimum Gasteiger partial charge on any atom is -0.504 e. The first-order valence-corrected chi connectivity index (χ1v) is 7.06. The smallest absolute Gasteiger partial charge is 0.255 e. The van der Waals surface area contributed by atoms with Crippen LogP contribution < -0.4 is 5.32 Å². The maximum Gasteiger partial charge on any atom is 0.255 e. The molecule has 0 aliphatic carbocycles. The summed E-state index contributed by atoms with van der Waals surface area (Å²) in [7, 11) is 3.34. The molecular weight excluding hydrogens is 288 g/mol. The largest absolute Gasteiger partial charge is 0.504 e. The highest BCUT2D eigenvalue weighted by molar-refractivity contribution is 5.97. The first kappa shape index (κ1) is 16.1. The number of benzene rings is 1. The van der Waals surface area contributed by atoms with Crippen LogP contribution in [0.5, 0.6) is 11.5 Å². The van der Waals surface area contributed by atoms with Gasteiger partial charge in [-0.05, 0) is 25.0 Å². The molecule has 7 heteroatoms. The van der Waals surface area contributed by atoms with Crippen molar-refractivity contribution in [3.05, 3.63) is 23.8 Å². The van der Waals surface area contributed by atoms with Crippen LogP contribution >= 0.6 is 0 Å². The van der Waals surface area contributed by atoms with Crippen molar-refractivity contribution in [2.75, 3.05) is 20.6 Å². The molecule has 2 atom stereocenters. The average molecular weight is 308 g/mol. The zero-order chi connectivity index (χ0) is 16.3. The van der Waals surface area contributed by atoms with E-state index in [0.717, 1.165) is 0 Å². The number of nitrogens with zero attached hydrogens (tertiary/aromatic N) is 1. The van der Waals surface area contributed by atoms with Crippen LogP contribution in [-0.2, 0) is 9.53 Å². The lowest BCUT2D eigenvalue weighted by Gasteiger charge is -2.17. The van der Waals surface area contributed by atoms with Gasteiger partial charge in [0.15, 0.2) is 11.5 Å². The lowest BCUT2D eigenvalue weighted by Crippen LogP contribution is -2.36. The van der Waals surface area contributed by atoms with Crippen molar-refractivity contribution in [2.24, 2.45) is 0 Å². The van der Waals surface area contributed by atoms with Crippen molar-refractivity contribution in [2.45, 2.75) is 25.0 Å². The number of amides is 2. The Kier molecular flexibility index (Phi) is 4.87. The molecule has 1 heterocycles. The Labute approximate surface area is 128 Å². The molecule has 1 saturated heterocycles. The topological polar surface area (TPSA) is 99.1 Å². The normalized spacial score (nSPS) is 20.6. The summed E-state index contributed by atoms with van der Waals surface area (Å²) in [6, 6.07) is 4.18. The van der Waals surface area contributed by atoms with Gasteiger partial charge >= 0.3 is 0 Å². The molecule has 0 spiro atoms. The minimum absolute atomic E-state index is 0.00100. The van der Waals surface area contributed by atoms with E-state index in [0.29, 0.717) is 12.8 Å². The molecule has 0 radical (unpaired) electrons. The van der Waals surface area contributed by atoms with E-state index in [9.17, 15) is 19.8 Å². The zero-order valence-electron chi connectivity index (χ0n) is 12.6. The predicted molar refractivity (Wildman–Crippen MR) is 78.7 cm³/mol. The molecule has 0 aromatic heterocycles. The van der Waals surface area contributed by atoms with Gasteiger partial charge in [-0.2, -0.15) is 0 Å². The van der Waals surface area contributed by atoms with Crippen LogP contribution in [0.3, 0.4) is 0 Å². The third-order valence-corrected chi connectivity index (χ3v) is 3.57. The Bertz CT molecular complexity index is 573. The summed E-state index contributed by atoms with van der Waals surface area (Å²) in [6.45, 7) is 0.241. The van der Waals surface area contributed by atoms with Gasteiger partial charge in [-0.1, -0.05) is 6.07 Å². The van der Waals surface area contributed by atoms with Crippen LogP contribution in [0.4, 0.5) is 0 Å². The monoisotopic (exact) mass is 308 g/mol. The average Bonchev–Trinajstić information content (AvgIpc) is 2.95. The molecule has 1 aliphatic rings. The third-order valence-electron chi connectivity index (χ3n) is 3.57. The quantitative estimate of drug-likeness (QED) is 0.702. The second kappa shape index (κ2) is 6.65. The number of carbonyl (C=O) groups excluding carboxylic acids is 2. The number of phenols is 2. The molecule has 1 aliphatic heterocycles. The molecule has 1 fully saturated rings. The second-order valence-corrected chi connectivity index (χ2v) is 5.44. The molecule has 2 amide bonds. The molecule has 2 unspecified atom stereocenters. The molecule has 22 heavy (non-hydrogen) atoms. The Balaban J connectivity index is 1.88. The van der Waals surface area contributed by atoms with E-state index in [2.05, 4.69) is 5.32 Å². The van der Waals surface area contributed by atoms with Crippen molar-refractivity contribution < 1.29 is 24.5 Å². The number of carbonyl (C=O) groups is 2. The molecule has 0 bridgehead atoms. The molecule has 1 aromatic rings. The summed E-state index contributed by atoms with van der Waals surface area (Å²) in [5.41, 5.74) is -0.00100. The summed E-state index contributed by atoms with van der Waals surface area (Å²) >= 11 is 0. The van der Waals surface area contributed by atoms with Crippen LogP contribution in [0, 0.1) is 0 Å². The Morgan fingerprint density at radius 3 is 2.73 bits per heavy atom. The first-order chi connectivity index (χ1) is 10.4. The fraction of sp³-hybridized carbons (Fsp3) is 0.467. The summed E-state index contributed by atoms with van der Waals surface area (Å²) < 4.78 is 5.61. The Hall–Kier alpha value is -2.28. The number of para-hydroxylation sites is 1. The lowest BCUT2D eigenvalue weighted by molar-refractivity contribution is -0.140. The third kappa shape index (κ3) is 3.48. The van der Waals surface area contributed by atoms with Gasteiger partial charge in [0, 0.05) is 20.6 Å². The van der Waals surface area contributed by atoms with Crippen LogP contribution in [0.2, 0.25) is 0 Å². The van der Waals surface area contributed by atoms with Crippen molar-refractivity contribution in [3.8, 4) is 11.5 Å². The van der Waals surface area contributed by atoms with Gasteiger partial charge in [-0.25, -0.2) is 0 Å². The SMILES string of the molecule is CN(C)C(=O)C1CCC(CNC(=O)c2cccc(O)c2O)O1. The fourth-order valence-corrected chi connectivity index (χ4v) is 2.34. The van der Waals surface area contributed by atoms with E-state index in [1.54, 1.807) is 14.1 Å². The molecule has 2 rings (SSSR count). The van der Waals surface area contributed by atoms with Gasteiger partial charge in [0.25, 0.3) is 11.8 Å². The van der Waals surface area contributed by atoms with Crippen LogP contribution in [0.1, 0.15) is 23.2 Å². The number of phenolic OH excluding ortho intramolecular Hbond substituents is 2. The van der Waals surface area contributed by atoms with Gasteiger partial charge in [-0.15, -0.1) is 0 Å². The minimum atomic E-state index is -0.501. The van der Waals surface area contributed by atoms with Gasteiger partial charge < -0.3 is 25.2 Å². The Morgan fingerprint density at radius 1 is 1.32 bits per heavy atom. The Morgan fingerprint density at radius 2 is 2.05 bits per heavy atom. The van der Waals surface area contributed by atoms with Crippen molar-refractivity contribution in [3.63, 3.8) is 0 Å². The second-order valence-electron chi connectivity index (χ2n) is 5.44. The molecule has 1 aromatic carbocycles. The number of aromatic hydroxyl groups is 2. The van der Waals surface area contributed by atoms with E-state index < -0.39 is 17.8 Å². The highest BCUT2D eigenvalue weighted by Gasteiger charge is 2.31. The van der Waals surface area contributed by atoms with E-state index in [-0.39, 0.29) is 29.9 Å². The van der Waals surface area contributed by atoms with E-state index in [1.807, 2.05) is 0 Å². The summed E-state index contributed by atoms with van der Waals surface area (Å²) in [4.78, 5) is 25.3. The van der Waals surface area contributed by atoms with Crippen molar-refractivity contribution >= 4 is 11.8 Å². The zero-order valence-corrected chi connectivity index (χ0v) is 12.6. The predicted octanol–water partition coefficient (Wildman–Crippen LogP) is 0.463. The lowest BCUT2D eigenvalue weighted by atomic mass is 10.1. The summed E-state index contributed by atoms with van der Waals surface area (Å²) in [5.74, 6) is -1.38. The van der Waals surface area contributed by atoms with Crippen LogP contribution in [0.25, 0.3) is 0 Å². The van der Waals surface area contributed by atoms with E-state index >= 15 is 0 Å². The van der Waals surface area contributed by atoms with Gasteiger partial charge in [0.2, 0.25) is 0 Å². The van der Waals surface area contributed by atoms with Gasteiger partial charge in [-0.3, -0.25) is 9.59 Å². The fourth-order valence-electron chi connectivity index (χ4n) is 2.34. The maximum absolute atomic E-state index is 12.0. The summed E-state index contributed by atoms with van der Waals surface area (Å²) in [5, 5.41) is 21.7. The molecule has 120 valence electrons. The number of nitrogens with one attached hydrogen (secondary N) is 1. The molecule has 3 N–H and O–H groups in total. The van der Waals surface area contributed by atoms with Crippen LogP contribution in [0.15, 0.2) is 18.2 Å². The van der Waals surface area contributed by atoms with E-state index in [1.165, 1.54) is 23.1 Å². The van der Waals surface area contributed by atoms with E-state index in [4.69, 9.17) is 4.74 Å². The number of ether oxygens (including phenoxy) is 1. The van der Waals surface area contributed by atoms with Gasteiger partial charge in [0.1, 0.15) is 6.10 Å². The number of rotatable bonds is 4.